The number of nitrogens with zero attached hydrogens (tertiary/aromatic N) is 4. The van der Waals surface area contributed by atoms with E-state index in [1.165, 1.54) is 24.3 Å². The van der Waals surface area contributed by atoms with Crippen LogP contribution in [-0.4, -0.2) is 134 Å². The summed E-state index contributed by atoms with van der Waals surface area (Å²) in [6, 6.07) is 7.36. The number of ether oxygens (including phenoxy) is 5. The predicted octanol–water partition coefficient (Wildman–Crippen LogP) is -0.169. The molecule has 2 aliphatic rings. The van der Waals surface area contributed by atoms with E-state index in [9.17, 15) is 84.5 Å². The summed E-state index contributed by atoms with van der Waals surface area (Å²) in [6.07, 6.45) is -13.2. The number of hydrogen-bond acceptors (Lipinski definition) is 22. The number of fused-ring (bicyclic) bond motifs is 2. The van der Waals surface area contributed by atoms with Crippen LogP contribution in [0.15, 0.2) is 30.3 Å². The van der Waals surface area contributed by atoms with Gasteiger partial charge in [-0.25, -0.2) is 0 Å². The summed E-state index contributed by atoms with van der Waals surface area (Å²) in [5.41, 5.74) is 0.966. The van der Waals surface area contributed by atoms with Crippen molar-refractivity contribution in [3.05, 3.63) is 98.6 Å². The van der Waals surface area contributed by atoms with Crippen molar-refractivity contribution >= 4 is 35.4 Å². The number of phenols is 2. The summed E-state index contributed by atoms with van der Waals surface area (Å²) in [5.74, 6) is -6.44. The summed E-state index contributed by atoms with van der Waals surface area (Å²) < 4.78 is 25.1. The lowest BCUT2D eigenvalue weighted by atomic mass is 9.82. The summed E-state index contributed by atoms with van der Waals surface area (Å²) in [4.78, 5) is 112. The Bertz CT molecular complexity index is 2020. The van der Waals surface area contributed by atoms with E-state index < -0.39 is 139 Å². The van der Waals surface area contributed by atoms with E-state index in [2.05, 4.69) is 0 Å². The van der Waals surface area contributed by atoms with Crippen LogP contribution in [0.3, 0.4) is 0 Å². The number of carbonyl (C=O) groups is 6. The van der Waals surface area contributed by atoms with Crippen molar-refractivity contribution in [2.45, 2.75) is 63.3 Å². The second-order valence-electron chi connectivity index (χ2n) is 12.4. The van der Waals surface area contributed by atoms with Crippen LogP contribution in [0.5, 0.6) is 11.5 Å². The highest BCUT2D eigenvalue weighted by Gasteiger charge is 2.52. The third kappa shape index (κ3) is 13.2. The van der Waals surface area contributed by atoms with Crippen LogP contribution in [0, 0.1) is 47.4 Å². The molecule has 1 heterocycles. The zero-order valence-corrected chi connectivity index (χ0v) is 30.5. The number of benzene rings is 2. The van der Waals surface area contributed by atoms with Crippen molar-refractivity contribution in [2.75, 3.05) is 32.8 Å². The molecule has 4 rings (SSSR count). The monoisotopic (exact) mass is 838 g/mol. The van der Waals surface area contributed by atoms with Gasteiger partial charge in [0.1, 0.15) is 49.9 Å². The molecular formula is C33H34N4O22. The molecule has 0 radical (unpaired) electrons. The zero-order chi connectivity index (χ0) is 44.1. The van der Waals surface area contributed by atoms with Crippen molar-refractivity contribution < 1.29 is 87.5 Å². The average molecular weight is 839 g/mol. The number of ketones is 2. The van der Waals surface area contributed by atoms with Crippen molar-refractivity contribution in [2.24, 2.45) is 0 Å². The third-order valence-electron chi connectivity index (χ3n) is 8.06. The highest BCUT2D eigenvalue weighted by Crippen LogP contribution is 2.37. The van der Waals surface area contributed by atoms with Gasteiger partial charge >= 0.3 is 23.9 Å². The Morgan fingerprint density at radius 3 is 1.61 bits per heavy atom. The van der Waals surface area contributed by atoms with Crippen LogP contribution in [0.1, 0.15) is 63.1 Å². The number of aliphatic hydroxyl groups is 1. The molecule has 5 unspecified atom stereocenters. The van der Waals surface area contributed by atoms with Gasteiger partial charge in [0.15, 0.2) is 30.4 Å². The normalized spacial score (nSPS) is 19.1. The molecule has 1 fully saturated rings. The Labute approximate surface area is 329 Å². The van der Waals surface area contributed by atoms with E-state index in [0.29, 0.717) is 5.56 Å². The van der Waals surface area contributed by atoms with Crippen molar-refractivity contribution in [1.82, 2.24) is 0 Å². The van der Waals surface area contributed by atoms with Crippen LogP contribution in [0.2, 0.25) is 0 Å². The zero-order valence-electron chi connectivity index (χ0n) is 30.5. The Hall–Kier alpha value is -7.22. The van der Waals surface area contributed by atoms with Crippen molar-refractivity contribution in [3.8, 4) is 11.5 Å². The van der Waals surface area contributed by atoms with Gasteiger partial charge in [-0.15, -0.1) is 0 Å². The molecule has 3 N–H and O–H groups in total. The van der Waals surface area contributed by atoms with E-state index in [1.54, 1.807) is 13.0 Å². The van der Waals surface area contributed by atoms with Gasteiger partial charge in [0, 0.05) is 30.8 Å². The van der Waals surface area contributed by atoms with E-state index in [1.807, 2.05) is 0 Å². The van der Waals surface area contributed by atoms with Gasteiger partial charge in [-0.2, -0.15) is 0 Å². The fourth-order valence-corrected chi connectivity index (χ4v) is 5.46. The molecule has 2 aromatic rings. The summed E-state index contributed by atoms with van der Waals surface area (Å²) in [5, 5.41) is 72.3. The minimum atomic E-state index is -2.22. The highest BCUT2D eigenvalue weighted by molar-refractivity contribution is 6.30. The Balaban J connectivity index is 0.000000401. The number of rotatable bonds is 17. The predicted molar refractivity (Wildman–Crippen MR) is 185 cm³/mol. The maximum absolute atomic E-state index is 12.3. The average Bonchev–Trinajstić information content (AvgIpc) is 3.15. The summed E-state index contributed by atoms with van der Waals surface area (Å²) >= 11 is 0. The topological polar surface area (TPSA) is 382 Å². The minimum Gasteiger partial charge on any atom is -0.507 e. The molecule has 0 saturated carbocycles. The number of aliphatic hydroxyl groups excluding tert-OH is 1. The summed E-state index contributed by atoms with van der Waals surface area (Å²) in [7, 11) is 0. The second-order valence-corrected chi connectivity index (χ2v) is 12.4. The molecule has 0 spiro atoms. The molecular weight excluding hydrogens is 804 g/mol. The number of esters is 4. The maximum atomic E-state index is 12.3. The molecule has 59 heavy (non-hydrogen) atoms. The molecule has 318 valence electrons. The number of nitro groups is 4. The molecule has 1 aliphatic carbocycles. The Morgan fingerprint density at radius 2 is 1.10 bits per heavy atom. The first-order valence-corrected chi connectivity index (χ1v) is 17.0. The largest absolute Gasteiger partial charge is 0.507 e. The van der Waals surface area contributed by atoms with Gasteiger partial charge in [0.05, 0.1) is 11.1 Å². The van der Waals surface area contributed by atoms with Crippen LogP contribution in [0.4, 0.5) is 0 Å². The van der Waals surface area contributed by atoms with Crippen molar-refractivity contribution in [1.29, 1.82) is 0 Å². The van der Waals surface area contributed by atoms with Gasteiger partial charge < -0.3 is 39.0 Å². The molecule has 0 amide bonds. The number of aryl methyl sites for hydroxylation is 1. The molecule has 0 bridgehead atoms. The first-order chi connectivity index (χ1) is 27.7. The number of carbonyl (C=O) groups excluding carboxylic acids is 6. The lowest BCUT2D eigenvalue weighted by Crippen LogP contribution is -2.62. The quantitative estimate of drug-likeness (QED) is 0.0687. The Morgan fingerprint density at radius 1 is 0.644 bits per heavy atom. The van der Waals surface area contributed by atoms with Gasteiger partial charge in [0.25, 0.3) is 0 Å². The smallest absolute Gasteiger partial charge is 0.313 e. The SMILES string of the molecule is Cc1cc(O)c2c(c1)C(=O)c1cccc(O)c1C2=O.O=C(CC[N+](=O)[O-])OCC1OC(O)C(OC(=O)CC[N+](=O)[O-])C(OC(=O)CC[N+](=O)[O-])C1OC(=O)CC[N+](=O)[O-]. The van der Waals surface area contributed by atoms with Gasteiger partial charge in [0.2, 0.25) is 32.0 Å². The first-order valence-electron chi connectivity index (χ1n) is 17.0. The summed E-state index contributed by atoms with van der Waals surface area (Å²) in [6.45, 7) is -2.73. The van der Waals surface area contributed by atoms with Crippen LogP contribution >= 0.6 is 0 Å². The van der Waals surface area contributed by atoms with Crippen LogP contribution in [-0.2, 0) is 42.9 Å². The maximum Gasteiger partial charge on any atom is 0.313 e. The number of hydrogen-bond donors (Lipinski definition) is 3. The number of phenolic OH excluding ortho intramolecular Hbond substituents is 2. The lowest BCUT2D eigenvalue weighted by molar-refractivity contribution is -0.479. The first kappa shape index (κ1) is 46.2. The molecule has 1 aliphatic heterocycles. The number of aromatic hydroxyl groups is 2. The molecule has 1 saturated heterocycles. The van der Waals surface area contributed by atoms with E-state index in [0.717, 1.165) is 0 Å². The Kier molecular flexibility index (Phi) is 16.3. The van der Waals surface area contributed by atoms with E-state index >= 15 is 0 Å². The lowest BCUT2D eigenvalue weighted by Gasteiger charge is -2.42. The van der Waals surface area contributed by atoms with Gasteiger partial charge in [-0.05, 0) is 30.7 Å². The fourth-order valence-electron chi connectivity index (χ4n) is 5.46. The van der Waals surface area contributed by atoms with E-state index in [-0.39, 0.29) is 39.5 Å². The molecule has 0 aromatic heterocycles. The highest BCUT2D eigenvalue weighted by atomic mass is 16.7. The molecule has 2 aromatic carbocycles. The van der Waals surface area contributed by atoms with Crippen molar-refractivity contribution in [3.63, 3.8) is 0 Å². The van der Waals surface area contributed by atoms with E-state index in [4.69, 9.17) is 23.7 Å². The third-order valence-corrected chi connectivity index (χ3v) is 8.06. The fraction of sp³-hybridized carbons (Fsp3) is 0.455. The standard InChI is InChI=1S/C18H24N4O18.C15H10O4/c23-11(1-5-19(28)29)36-9-10-15(38-12(24)2-6-20(30)31)16(39-13(25)3-7-21(32)33)17(18(27)37-10)40-14(26)4-8-22(34)35;1-7-5-9-13(11(17)6-7)15(19)12-8(14(9)18)3-2-4-10(12)16/h10,15-18,27H,1-9H2;2-6,16-17H,1H3. The molecule has 26 heteroatoms. The molecule has 5 atom stereocenters. The van der Waals surface area contributed by atoms with Gasteiger partial charge in [-0.1, -0.05) is 12.1 Å². The molecule has 26 nitrogen and oxygen atoms in total. The minimum absolute atomic E-state index is 0.0374. The van der Waals surface area contributed by atoms with Crippen LogP contribution < -0.4 is 0 Å². The van der Waals surface area contributed by atoms with Gasteiger partial charge in [-0.3, -0.25) is 69.2 Å². The van der Waals surface area contributed by atoms with Crippen LogP contribution in [0.25, 0.3) is 0 Å². The second kappa shape index (κ2) is 20.8.